The Balaban J connectivity index is 1.56. The van der Waals surface area contributed by atoms with Crippen LogP contribution in [0, 0.1) is 0 Å². The number of piperidine rings is 1. The Kier molecular flexibility index (Phi) is 8.77. The number of hydrogen-bond donors (Lipinski definition) is 1. The van der Waals surface area contributed by atoms with Crippen LogP contribution < -0.4 is 24.3 Å². The van der Waals surface area contributed by atoms with Gasteiger partial charge in [-0.3, -0.25) is 9.59 Å². The summed E-state index contributed by atoms with van der Waals surface area (Å²) in [6.07, 6.45) is 0.444. The second-order valence-electron chi connectivity index (χ2n) is 7.76. The summed E-state index contributed by atoms with van der Waals surface area (Å²) in [7, 11) is 4.49. The summed E-state index contributed by atoms with van der Waals surface area (Å²) in [5.41, 5.74) is 0.879. The second kappa shape index (κ2) is 12.0. The molecule has 0 radical (unpaired) electrons. The van der Waals surface area contributed by atoms with Gasteiger partial charge in [-0.05, 0) is 56.2 Å². The van der Waals surface area contributed by atoms with Crippen molar-refractivity contribution >= 4 is 18.0 Å². The zero-order valence-electron chi connectivity index (χ0n) is 20.3. The van der Waals surface area contributed by atoms with E-state index in [1.165, 1.54) is 21.3 Å². The van der Waals surface area contributed by atoms with Gasteiger partial charge in [0.2, 0.25) is 5.75 Å². The molecule has 10 nitrogen and oxygen atoms in total. The van der Waals surface area contributed by atoms with Gasteiger partial charge in [-0.25, -0.2) is 4.79 Å². The van der Waals surface area contributed by atoms with E-state index in [1.807, 2.05) is 0 Å². The van der Waals surface area contributed by atoms with Crippen molar-refractivity contribution in [2.45, 2.75) is 25.8 Å². The number of benzene rings is 2. The van der Waals surface area contributed by atoms with Crippen molar-refractivity contribution in [2.24, 2.45) is 0 Å². The lowest BCUT2D eigenvalue weighted by molar-refractivity contribution is 0.0698. The second-order valence-corrected chi connectivity index (χ2v) is 7.76. The number of amides is 2. The molecule has 0 spiro atoms. The Morgan fingerprint density at radius 3 is 2.03 bits per heavy atom. The number of carbonyl (C=O) groups excluding carboxylic acids is 3. The first kappa shape index (κ1) is 25.7. The maximum atomic E-state index is 12.9. The highest BCUT2D eigenvalue weighted by atomic mass is 16.7. The summed E-state index contributed by atoms with van der Waals surface area (Å²) < 4.78 is 25.7. The van der Waals surface area contributed by atoms with Crippen molar-refractivity contribution in [3.8, 4) is 23.0 Å². The molecular formula is C25H30N2O8. The average Bonchev–Trinajstić information content (AvgIpc) is 2.88. The fourth-order valence-electron chi connectivity index (χ4n) is 3.80. The molecule has 0 unspecified atom stereocenters. The minimum atomic E-state index is -0.790. The molecule has 1 N–H and O–H groups in total. The summed E-state index contributed by atoms with van der Waals surface area (Å²) in [4.78, 5) is 38.8. The highest BCUT2D eigenvalue weighted by Gasteiger charge is 2.26. The van der Waals surface area contributed by atoms with Crippen molar-refractivity contribution in [1.29, 1.82) is 0 Å². The van der Waals surface area contributed by atoms with Gasteiger partial charge in [0.1, 0.15) is 5.75 Å². The first-order valence-electron chi connectivity index (χ1n) is 11.2. The standard InChI is InChI=1S/C25H30N2O8/c1-5-34-25(30)35-19-8-6-16(7-9-19)24(29)27-12-10-18(11-13-27)26-23(28)17-14-20(31-2)22(33-4)21(15-17)32-3/h6-9,14-15,18H,5,10-13H2,1-4H3,(H,26,28). The van der Waals surface area contributed by atoms with Crippen molar-refractivity contribution in [2.75, 3.05) is 41.0 Å². The monoisotopic (exact) mass is 486 g/mol. The molecule has 0 saturated carbocycles. The van der Waals surface area contributed by atoms with Crippen LogP contribution in [0.15, 0.2) is 36.4 Å². The third kappa shape index (κ3) is 6.34. The molecule has 0 aromatic heterocycles. The van der Waals surface area contributed by atoms with Crippen molar-refractivity contribution in [3.05, 3.63) is 47.5 Å². The molecule has 0 aliphatic carbocycles. The van der Waals surface area contributed by atoms with Gasteiger partial charge in [0.15, 0.2) is 11.5 Å². The van der Waals surface area contributed by atoms with E-state index in [2.05, 4.69) is 5.32 Å². The van der Waals surface area contributed by atoms with E-state index in [-0.39, 0.29) is 24.5 Å². The van der Waals surface area contributed by atoms with Crippen LogP contribution in [0.2, 0.25) is 0 Å². The number of methoxy groups -OCH3 is 3. The van der Waals surface area contributed by atoms with E-state index in [0.717, 1.165) is 0 Å². The van der Waals surface area contributed by atoms with Gasteiger partial charge in [0.05, 0.1) is 27.9 Å². The molecule has 1 aliphatic rings. The predicted octanol–water partition coefficient (Wildman–Crippen LogP) is 3.28. The van der Waals surface area contributed by atoms with E-state index in [1.54, 1.807) is 48.2 Å². The highest BCUT2D eigenvalue weighted by Crippen LogP contribution is 2.38. The molecule has 0 bridgehead atoms. The van der Waals surface area contributed by atoms with Gasteiger partial charge in [0, 0.05) is 30.3 Å². The third-order valence-electron chi connectivity index (χ3n) is 5.61. The van der Waals surface area contributed by atoms with E-state index in [4.69, 9.17) is 23.7 Å². The largest absolute Gasteiger partial charge is 0.513 e. The minimum Gasteiger partial charge on any atom is -0.493 e. The fraction of sp³-hybridized carbons (Fsp3) is 0.400. The van der Waals surface area contributed by atoms with Crippen LogP contribution in [0.3, 0.4) is 0 Å². The zero-order valence-corrected chi connectivity index (χ0v) is 20.3. The molecule has 0 atom stereocenters. The fourth-order valence-corrected chi connectivity index (χ4v) is 3.80. The summed E-state index contributed by atoms with van der Waals surface area (Å²) >= 11 is 0. The van der Waals surface area contributed by atoms with Crippen molar-refractivity contribution in [3.63, 3.8) is 0 Å². The van der Waals surface area contributed by atoms with Crippen LogP contribution in [0.25, 0.3) is 0 Å². The first-order valence-corrected chi connectivity index (χ1v) is 11.2. The SMILES string of the molecule is CCOC(=O)Oc1ccc(C(=O)N2CCC(NC(=O)c3cc(OC)c(OC)c(OC)c3)CC2)cc1. The van der Waals surface area contributed by atoms with Crippen LogP contribution in [-0.4, -0.2) is 69.9 Å². The van der Waals surface area contributed by atoms with E-state index < -0.39 is 6.16 Å². The Hall–Kier alpha value is -3.95. The van der Waals surface area contributed by atoms with Crippen molar-refractivity contribution < 1.29 is 38.1 Å². The molecule has 2 aromatic rings. The minimum absolute atomic E-state index is 0.0778. The molecule has 1 fully saturated rings. The molecule has 1 saturated heterocycles. The lowest BCUT2D eigenvalue weighted by Gasteiger charge is -2.32. The Morgan fingerprint density at radius 2 is 1.51 bits per heavy atom. The summed E-state index contributed by atoms with van der Waals surface area (Å²) in [6.45, 7) is 2.90. The van der Waals surface area contributed by atoms with Crippen LogP contribution in [0.5, 0.6) is 23.0 Å². The third-order valence-corrected chi connectivity index (χ3v) is 5.61. The van der Waals surface area contributed by atoms with Gasteiger partial charge in [-0.2, -0.15) is 0 Å². The van der Waals surface area contributed by atoms with Crippen molar-refractivity contribution in [1.82, 2.24) is 10.2 Å². The number of carbonyl (C=O) groups is 3. The number of ether oxygens (including phenoxy) is 5. The van der Waals surface area contributed by atoms with Gasteiger partial charge < -0.3 is 33.9 Å². The Morgan fingerprint density at radius 1 is 0.914 bits per heavy atom. The van der Waals surface area contributed by atoms with Crippen LogP contribution in [0.1, 0.15) is 40.5 Å². The van der Waals surface area contributed by atoms with Gasteiger partial charge in [-0.15, -0.1) is 0 Å². The molecule has 188 valence electrons. The normalized spacial score (nSPS) is 13.5. The summed E-state index contributed by atoms with van der Waals surface area (Å²) in [5.74, 6) is 1.13. The summed E-state index contributed by atoms with van der Waals surface area (Å²) in [6, 6.07) is 9.44. The quantitative estimate of drug-likeness (QED) is 0.447. The molecular weight excluding hydrogens is 456 g/mol. The molecule has 35 heavy (non-hydrogen) atoms. The van der Waals surface area contributed by atoms with Gasteiger partial charge in [0.25, 0.3) is 11.8 Å². The molecule has 10 heteroatoms. The average molecular weight is 487 g/mol. The number of rotatable bonds is 8. The number of likely N-dealkylation sites (tertiary alicyclic amines) is 1. The number of nitrogens with one attached hydrogen (secondary N) is 1. The topological polar surface area (TPSA) is 113 Å². The predicted molar refractivity (Wildman–Crippen MR) is 127 cm³/mol. The van der Waals surface area contributed by atoms with E-state index >= 15 is 0 Å². The molecule has 1 aliphatic heterocycles. The maximum Gasteiger partial charge on any atom is 0.513 e. The molecule has 2 amide bonds. The van der Waals surface area contributed by atoms with Gasteiger partial charge in [-0.1, -0.05) is 0 Å². The Labute approximate surface area is 204 Å². The zero-order chi connectivity index (χ0) is 25.4. The highest BCUT2D eigenvalue weighted by molar-refractivity contribution is 5.96. The molecule has 2 aromatic carbocycles. The smallest absolute Gasteiger partial charge is 0.493 e. The maximum absolute atomic E-state index is 12.9. The molecule has 3 rings (SSSR count). The molecule has 1 heterocycles. The Bertz CT molecular complexity index is 1020. The van der Waals surface area contributed by atoms with Crippen LogP contribution in [-0.2, 0) is 4.74 Å². The first-order chi connectivity index (χ1) is 16.9. The number of nitrogens with zero attached hydrogens (tertiary/aromatic N) is 1. The van der Waals surface area contributed by atoms with E-state index in [9.17, 15) is 14.4 Å². The van der Waals surface area contributed by atoms with Gasteiger partial charge >= 0.3 is 6.16 Å². The summed E-state index contributed by atoms with van der Waals surface area (Å²) in [5, 5.41) is 3.02. The van der Waals surface area contributed by atoms with Crippen LogP contribution in [0.4, 0.5) is 4.79 Å². The van der Waals surface area contributed by atoms with E-state index in [0.29, 0.717) is 60.1 Å². The number of hydrogen-bond acceptors (Lipinski definition) is 8. The lowest BCUT2D eigenvalue weighted by Crippen LogP contribution is -2.46. The van der Waals surface area contributed by atoms with Crippen LogP contribution >= 0.6 is 0 Å². The lowest BCUT2D eigenvalue weighted by atomic mass is 10.0.